The number of nitrogens with two attached hydrogens (primary N) is 1. The number of rotatable bonds is 6. The second-order valence-electron chi connectivity index (χ2n) is 4.36. The van der Waals surface area contributed by atoms with E-state index in [1.165, 1.54) is 6.07 Å². The SMILES string of the molecule is C=C(C)CNC(N)=NCc1ccc(F)cc1CSC.I. The minimum absolute atomic E-state index is 0. The molecule has 0 radical (unpaired) electrons. The van der Waals surface area contributed by atoms with Gasteiger partial charge in [0.1, 0.15) is 5.82 Å². The van der Waals surface area contributed by atoms with E-state index < -0.39 is 0 Å². The van der Waals surface area contributed by atoms with Gasteiger partial charge in [-0.05, 0) is 36.4 Å². The molecule has 0 saturated carbocycles. The van der Waals surface area contributed by atoms with Gasteiger partial charge < -0.3 is 11.1 Å². The third-order valence-corrected chi connectivity index (χ3v) is 3.06. The molecular weight excluding hydrogens is 388 g/mol. The lowest BCUT2D eigenvalue weighted by Crippen LogP contribution is -2.32. The van der Waals surface area contributed by atoms with E-state index in [0.29, 0.717) is 19.0 Å². The van der Waals surface area contributed by atoms with Crippen LogP contribution in [0.3, 0.4) is 0 Å². The van der Waals surface area contributed by atoms with Crippen LogP contribution in [0.5, 0.6) is 0 Å². The molecule has 0 heterocycles. The molecule has 6 heteroatoms. The largest absolute Gasteiger partial charge is 0.370 e. The number of hydrogen-bond donors (Lipinski definition) is 2. The van der Waals surface area contributed by atoms with Gasteiger partial charge in [0.05, 0.1) is 6.54 Å². The fraction of sp³-hybridized carbons (Fsp3) is 0.357. The number of guanidine groups is 1. The minimum atomic E-state index is -0.217. The number of aliphatic imine (C=N–C) groups is 1. The maximum atomic E-state index is 13.2. The van der Waals surface area contributed by atoms with Crippen LogP contribution >= 0.6 is 35.7 Å². The van der Waals surface area contributed by atoms with E-state index in [-0.39, 0.29) is 29.8 Å². The summed E-state index contributed by atoms with van der Waals surface area (Å²) in [5, 5.41) is 2.96. The summed E-state index contributed by atoms with van der Waals surface area (Å²) in [7, 11) is 0. The molecule has 0 atom stereocenters. The van der Waals surface area contributed by atoms with Crippen LogP contribution in [-0.2, 0) is 12.3 Å². The lowest BCUT2D eigenvalue weighted by molar-refractivity contribution is 0.625. The number of thioether (sulfide) groups is 1. The van der Waals surface area contributed by atoms with Gasteiger partial charge in [-0.15, -0.1) is 24.0 Å². The van der Waals surface area contributed by atoms with E-state index in [0.717, 1.165) is 22.5 Å². The quantitative estimate of drug-likeness (QED) is 0.328. The van der Waals surface area contributed by atoms with Crippen LogP contribution in [0, 0.1) is 5.82 Å². The average Bonchev–Trinajstić information content (AvgIpc) is 2.35. The summed E-state index contributed by atoms with van der Waals surface area (Å²) in [6, 6.07) is 4.77. The zero-order chi connectivity index (χ0) is 14.3. The summed E-state index contributed by atoms with van der Waals surface area (Å²) < 4.78 is 13.2. The summed E-state index contributed by atoms with van der Waals surface area (Å²) in [4.78, 5) is 4.25. The molecule has 1 aromatic carbocycles. The van der Waals surface area contributed by atoms with Gasteiger partial charge in [-0.3, -0.25) is 0 Å². The predicted molar refractivity (Wildman–Crippen MR) is 97.2 cm³/mol. The summed E-state index contributed by atoms with van der Waals surface area (Å²) in [5.41, 5.74) is 8.69. The maximum absolute atomic E-state index is 13.2. The molecule has 0 saturated heterocycles. The molecule has 0 aliphatic carbocycles. The van der Waals surface area contributed by atoms with Crippen LogP contribution in [0.25, 0.3) is 0 Å². The molecule has 0 aliphatic heterocycles. The highest BCUT2D eigenvalue weighted by molar-refractivity contribution is 14.0. The highest BCUT2D eigenvalue weighted by atomic mass is 127. The first-order chi connectivity index (χ1) is 9.02. The smallest absolute Gasteiger partial charge is 0.189 e. The summed E-state index contributed by atoms with van der Waals surface area (Å²) in [6.07, 6.45) is 1.99. The highest BCUT2D eigenvalue weighted by Crippen LogP contribution is 2.17. The first-order valence-corrected chi connectivity index (χ1v) is 7.36. The van der Waals surface area contributed by atoms with Gasteiger partial charge in [-0.2, -0.15) is 11.8 Å². The van der Waals surface area contributed by atoms with Gasteiger partial charge in [0.2, 0.25) is 0 Å². The predicted octanol–water partition coefficient (Wildman–Crippen LogP) is 3.29. The van der Waals surface area contributed by atoms with Crippen LogP contribution in [-0.4, -0.2) is 18.8 Å². The summed E-state index contributed by atoms with van der Waals surface area (Å²) in [6.45, 7) is 6.75. The highest BCUT2D eigenvalue weighted by Gasteiger charge is 2.03. The molecular formula is C14H21FIN3S. The van der Waals surface area contributed by atoms with Crippen molar-refractivity contribution in [2.75, 3.05) is 12.8 Å². The van der Waals surface area contributed by atoms with E-state index in [1.807, 2.05) is 13.2 Å². The molecule has 0 amide bonds. The number of nitrogens with zero attached hydrogens (tertiary/aromatic N) is 1. The molecule has 20 heavy (non-hydrogen) atoms. The Morgan fingerprint density at radius 3 is 2.75 bits per heavy atom. The van der Waals surface area contributed by atoms with E-state index in [1.54, 1.807) is 23.9 Å². The van der Waals surface area contributed by atoms with Crippen molar-refractivity contribution in [2.45, 2.75) is 19.2 Å². The molecule has 3 N–H and O–H groups in total. The van der Waals surface area contributed by atoms with Crippen LogP contribution < -0.4 is 11.1 Å². The minimum Gasteiger partial charge on any atom is -0.370 e. The Hall–Kier alpha value is -0.760. The molecule has 0 unspecified atom stereocenters. The molecule has 1 aromatic rings. The van der Waals surface area contributed by atoms with Crippen molar-refractivity contribution in [2.24, 2.45) is 10.7 Å². The van der Waals surface area contributed by atoms with Crippen molar-refractivity contribution in [3.63, 3.8) is 0 Å². The summed E-state index contributed by atoms with van der Waals surface area (Å²) >= 11 is 1.65. The Kier molecular flexibility index (Phi) is 9.66. The van der Waals surface area contributed by atoms with Crippen molar-refractivity contribution >= 4 is 41.7 Å². The lowest BCUT2D eigenvalue weighted by Gasteiger charge is -2.08. The lowest BCUT2D eigenvalue weighted by atomic mass is 10.1. The first kappa shape index (κ1) is 19.2. The molecule has 0 aliphatic rings. The van der Waals surface area contributed by atoms with Crippen molar-refractivity contribution in [3.8, 4) is 0 Å². The first-order valence-electron chi connectivity index (χ1n) is 5.97. The second kappa shape index (κ2) is 10.0. The molecule has 0 spiro atoms. The summed E-state index contributed by atoms with van der Waals surface area (Å²) in [5.74, 6) is 0.925. The van der Waals surface area contributed by atoms with Gasteiger partial charge in [0.15, 0.2) is 5.96 Å². The Bertz CT molecular complexity index is 477. The van der Waals surface area contributed by atoms with Crippen molar-refractivity contribution in [1.82, 2.24) is 5.32 Å². The van der Waals surface area contributed by atoms with Gasteiger partial charge in [0, 0.05) is 12.3 Å². The van der Waals surface area contributed by atoms with Crippen molar-refractivity contribution in [1.29, 1.82) is 0 Å². The average molecular weight is 409 g/mol. The molecule has 3 nitrogen and oxygen atoms in total. The van der Waals surface area contributed by atoms with E-state index in [4.69, 9.17) is 5.73 Å². The van der Waals surface area contributed by atoms with E-state index >= 15 is 0 Å². The van der Waals surface area contributed by atoms with Gasteiger partial charge in [-0.1, -0.05) is 18.2 Å². The standard InChI is InChI=1S/C14H20FN3S.HI/c1-10(2)7-17-14(16)18-8-11-4-5-13(15)6-12(11)9-19-3;/h4-6H,1,7-9H2,2-3H3,(H3,16,17,18);1H. The monoisotopic (exact) mass is 409 g/mol. The zero-order valence-corrected chi connectivity index (χ0v) is 14.9. The fourth-order valence-electron chi connectivity index (χ4n) is 1.51. The third kappa shape index (κ3) is 7.14. The molecule has 1 rings (SSSR count). The number of benzene rings is 1. The topological polar surface area (TPSA) is 50.4 Å². The molecule has 112 valence electrons. The van der Waals surface area contributed by atoms with Gasteiger partial charge in [0.25, 0.3) is 0 Å². The van der Waals surface area contributed by atoms with Crippen molar-refractivity contribution < 1.29 is 4.39 Å². The number of hydrogen-bond acceptors (Lipinski definition) is 2. The Morgan fingerprint density at radius 1 is 1.45 bits per heavy atom. The zero-order valence-electron chi connectivity index (χ0n) is 11.8. The number of nitrogens with one attached hydrogen (secondary N) is 1. The molecule has 0 bridgehead atoms. The second-order valence-corrected chi connectivity index (χ2v) is 5.22. The number of halogens is 2. The van der Waals surface area contributed by atoms with Crippen LogP contribution in [0.1, 0.15) is 18.1 Å². The Labute approximate surface area is 141 Å². The van der Waals surface area contributed by atoms with Crippen LogP contribution in [0.2, 0.25) is 0 Å². The maximum Gasteiger partial charge on any atom is 0.189 e. The van der Waals surface area contributed by atoms with Gasteiger partial charge in [-0.25, -0.2) is 9.38 Å². The van der Waals surface area contributed by atoms with E-state index in [2.05, 4.69) is 16.9 Å². The van der Waals surface area contributed by atoms with Crippen LogP contribution in [0.15, 0.2) is 35.3 Å². The van der Waals surface area contributed by atoms with Crippen molar-refractivity contribution in [3.05, 3.63) is 47.3 Å². The fourth-order valence-corrected chi connectivity index (χ4v) is 2.09. The van der Waals surface area contributed by atoms with Gasteiger partial charge >= 0.3 is 0 Å². The molecule has 0 fully saturated rings. The van der Waals surface area contributed by atoms with Crippen LogP contribution in [0.4, 0.5) is 4.39 Å². The Morgan fingerprint density at radius 2 is 2.15 bits per heavy atom. The van der Waals surface area contributed by atoms with E-state index in [9.17, 15) is 4.39 Å². The normalized spacial score (nSPS) is 10.8. The Balaban J connectivity index is 0.00000361. The third-order valence-electron chi connectivity index (χ3n) is 2.46. The molecule has 0 aromatic heterocycles.